The summed E-state index contributed by atoms with van der Waals surface area (Å²) in [6.07, 6.45) is 5.44. The highest BCUT2D eigenvalue weighted by atomic mass is 16.4. The third-order valence-corrected chi connectivity index (χ3v) is 7.99. The first-order valence-corrected chi connectivity index (χ1v) is 13.2. The SMILES string of the molecule is Cc1cc(CC(O)C(=O)c2cc(C)cc3oc(=O)c4c(c23)CCCC4)c2c3c(c(=O)oc2c1)CCCC3. The van der Waals surface area contributed by atoms with Gasteiger partial charge in [0.15, 0.2) is 5.78 Å². The van der Waals surface area contributed by atoms with Crippen LogP contribution in [-0.4, -0.2) is 17.0 Å². The van der Waals surface area contributed by atoms with Gasteiger partial charge in [-0.05, 0) is 111 Å². The lowest BCUT2D eigenvalue weighted by Crippen LogP contribution is -2.25. The Balaban J connectivity index is 1.47. The molecule has 0 bridgehead atoms. The Labute approximate surface area is 213 Å². The molecule has 2 aromatic carbocycles. The van der Waals surface area contributed by atoms with Crippen molar-refractivity contribution in [3.8, 4) is 0 Å². The molecule has 2 aliphatic rings. The van der Waals surface area contributed by atoms with Gasteiger partial charge < -0.3 is 13.9 Å². The third-order valence-electron chi connectivity index (χ3n) is 7.99. The molecule has 0 amide bonds. The fourth-order valence-electron chi connectivity index (χ4n) is 6.37. The maximum Gasteiger partial charge on any atom is 0.339 e. The Bertz CT molecular complexity index is 1700. The topological polar surface area (TPSA) is 97.7 Å². The number of fused-ring (bicyclic) bond motifs is 6. The molecule has 0 saturated heterocycles. The van der Waals surface area contributed by atoms with Crippen LogP contribution in [0.1, 0.15) is 75.0 Å². The number of rotatable bonds is 4. The van der Waals surface area contributed by atoms with Gasteiger partial charge >= 0.3 is 11.3 Å². The average molecular weight is 499 g/mol. The highest BCUT2D eigenvalue weighted by molar-refractivity contribution is 6.10. The van der Waals surface area contributed by atoms with Gasteiger partial charge in [0.05, 0.1) is 0 Å². The van der Waals surface area contributed by atoms with Crippen LogP contribution in [-0.2, 0) is 32.1 Å². The van der Waals surface area contributed by atoms with Crippen LogP contribution in [0.3, 0.4) is 0 Å². The Morgan fingerprint density at radius 2 is 1.24 bits per heavy atom. The van der Waals surface area contributed by atoms with E-state index >= 15 is 0 Å². The molecule has 0 fully saturated rings. The lowest BCUT2D eigenvalue weighted by atomic mass is 9.85. The van der Waals surface area contributed by atoms with Crippen molar-refractivity contribution in [2.45, 2.75) is 77.7 Å². The van der Waals surface area contributed by atoms with Gasteiger partial charge in [-0.3, -0.25) is 4.79 Å². The highest BCUT2D eigenvalue weighted by Gasteiger charge is 2.28. The van der Waals surface area contributed by atoms with Crippen molar-refractivity contribution in [3.05, 3.63) is 89.6 Å². The lowest BCUT2D eigenvalue weighted by molar-refractivity contribution is 0.0750. The molecule has 0 radical (unpaired) electrons. The van der Waals surface area contributed by atoms with Gasteiger partial charge in [-0.2, -0.15) is 0 Å². The molecule has 4 aromatic rings. The molecule has 1 atom stereocenters. The van der Waals surface area contributed by atoms with E-state index in [1.165, 1.54) is 0 Å². The Kier molecular flexibility index (Phi) is 5.87. The van der Waals surface area contributed by atoms with E-state index in [2.05, 4.69) is 0 Å². The monoisotopic (exact) mass is 498 g/mol. The zero-order valence-electron chi connectivity index (χ0n) is 21.2. The Morgan fingerprint density at radius 1 is 0.757 bits per heavy atom. The third kappa shape index (κ3) is 4.04. The summed E-state index contributed by atoms with van der Waals surface area (Å²) in [7, 11) is 0. The Hall–Kier alpha value is -3.51. The standard InChI is InChI=1S/C31H30O6/c1-16-11-18(27-19-7-3-5-9-21(19)30(34)36-25(27)13-16)15-24(32)29(33)23-12-17(2)14-26-28(23)20-8-4-6-10-22(20)31(35)37-26/h11-14,24,32H,3-10,15H2,1-2H3. The maximum absolute atomic E-state index is 13.8. The molecule has 0 aliphatic heterocycles. The average Bonchev–Trinajstić information content (AvgIpc) is 2.87. The number of aliphatic hydroxyl groups is 1. The molecular formula is C31H30O6. The molecule has 6 nitrogen and oxygen atoms in total. The van der Waals surface area contributed by atoms with Crippen molar-refractivity contribution in [2.75, 3.05) is 0 Å². The zero-order chi connectivity index (χ0) is 25.8. The van der Waals surface area contributed by atoms with Crippen molar-refractivity contribution in [1.82, 2.24) is 0 Å². The van der Waals surface area contributed by atoms with Gasteiger partial charge in [0.25, 0.3) is 0 Å². The minimum absolute atomic E-state index is 0.103. The maximum atomic E-state index is 13.8. The van der Waals surface area contributed by atoms with Crippen molar-refractivity contribution in [2.24, 2.45) is 0 Å². The second kappa shape index (κ2) is 9.10. The predicted octanol–water partition coefficient (Wildman–Crippen LogP) is 5.06. The molecule has 2 heterocycles. The normalized spacial score (nSPS) is 16.0. The van der Waals surface area contributed by atoms with Crippen molar-refractivity contribution in [3.63, 3.8) is 0 Å². The van der Waals surface area contributed by atoms with Gasteiger partial charge in [0.1, 0.15) is 17.3 Å². The number of aryl methyl sites for hydroxylation is 4. The first kappa shape index (κ1) is 23.9. The molecule has 1 unspecified atom stereocenters. The number of benzene rings is 2. The van der Waals surface area contributed by atoms with Gasteiger partial charge in [0, 0.05) is 33.9 Å². The summed E-state index contributed by atoms with van der Waals surface area (Å²) in [5.74, 6) is -0.392. The highest BCUT2D eigenvalue weighted by Crippen LogP contribution is 2.33. The summed E-state index contributed by atoms with van der Waals surface area (Å²) in [5, 5.41) is 12.8. The number of ketones is 1. The van der Waals surface area contributed by atoms with E-state index < -0.39 is 11.9 Å². The van der Waals surface area contributed by atoms with Gasteiger partial charge in [-0.15, -0.1) is 0 Å². The molecule has 0 saturated carbocycles. The molecular weight excluding hydrogens is 468 g/mol. The fraction of sp³-hybridized carbons (Fsp3) is 0.387. The van der Waals surface area contributed by atoms with Crippen LogP contribution in [0.5, 0.6) is 0 Å². The summed E-state index contributed by atoms with van der Waals surface area (Å²) in [4.78, 5) is 39.0. The molecule has 6 rings (SSSR count). The van der Waals surface area contributed by atoms with E-state index in [4.69, 9.17) is 8.83 Å². The summed E-state index contributed by atoms with van der Waals surface area (Å²) in [6, 6.07) is 7.41. The summed E-state index contributed by atoms with van der Waals surface area (Å²) >= 11 is 0. The van der Waals surface area contributed by atoms with E-state index in [-0.39, 0.29) is 17.7 Å². The van der Waals surface area contributed by atoms with Crippen molar-refractivity contribution >= 4 is 27.7 Å². The molecule has 1 N–H and O–H groups in total. The van der Waals surface area contributed by atoms with E-state index in [0.29, 0.717) is 46.9 Å². The van der Waals surface area contributed by atoms with Gasteiger partial charge in [0.2, 0.25) is 0 Å². The minimum atomic E-state index is -1.30. The van der Waals surface area contributed by atoms with Crippen LogP contribution in [0.15, 0.2) is 42.7 Å². The zero-order valence-corrected chi connectivity index (χ0v) is 21.2. The summed E-state index contributed by atoms with van der Waals surface area (Å²) < 4.78 is 11.3. The molecule has 0 spiro atoms. The minimum Gasteiger partial charge on any atom is -0.422 e. The van der Waals surface area contributed by atoms with Crippen molar-refractivity contribution in [1.29, 1.82) is 0 Å². The van der Waals surface area contributed by atoms with Crippen molar-refractivity contribution < 1.29 is 18.7 Å². The van der Waals surface area contributed by atoms with Gasteiger partial charge in [-0.1, -0.05) is 6.07 Å². The number of Topliss-reactive ketones (excluding diaryl/α,β-unsaturated/α-hetero) is 1. The molecule has 6 heteroatoms. The summed E-state index contributed by atoms with van der Waals surface area (Å²) in [6.45, 7) is 3.77. The predicted molar refractivity (Wildman–Crippen MR) is 142 cm³/mol. The first-order valence-electron chi connectivity index (χ1n) is 13.2. The van der Waals surface area contributed by atoms with Crippen LogP contribution >= 0.6 is 0 Å². The second-order valence-corrected chi connectivity index (χ2v) is 10.7. The first-order chi connectivity index (χ1) is 17.8. The molecule has 190 valence electrons. The van der Waals surface area contributed by atoms with E-state index in [1.807, 2.05) is 26.0 Å². The van der Waals surface area contributed by atoms with Crippen LogP contribution in [0.4, 0.5) is 0 Å². The van der Waals surface area contributed by atoms with Crippen LogP contribution in [0, 0.1) is 13.8 Å². The number of carbonyl (C=O) groups excluding carboxylic acids is 1. The number of carbonyl (C=O) groups is 1. The molecule has 2 aliphatic carbocycles. The fourth-order valence-corrected chi connectivity index (χ4v) is 6.37. The molecule has 2 aromatic heterocycles. The van der Waals surface area contributed by atoms with E-state index in [9.17, 15) is 19.5 Å². The molecule has 37 heavy (non-hydrogen) atoms. The lowest BCUT2D eigenvalue weighted by Gasteiger charge is -2.21. The Morgan fingerprint density at radius 3 is 1.84 bits per heavy atom. The van der Waals surface area contributed by atoms with Crippen LogP contribution in [0.25, 0.3) is 21.9 Å². The van der Waals surface area contributed by atoms with Gasteiger partial charge in [-0.25, -0.2) is 9.59 Å². The smallest absolute Gasteiger partial charge is 0.339 e. The second-order valence-electron chi connectivity index (χ2n) is 10.7. The largest absolute Gasteiger partial charge is 0.422 e. The summed E-state index contributed by atoms with van der Waals surface area (Å²) in [5.41, 5.74) is 6.43. The number of hydrogen-bond acceptors (Lipinski definition) is 6. The van der Waals surface area contributed by atoms with E-state index in [0.717, 1.165) is 70.9 Å². The van der Waals surface area contributed by atoms with Crippen LogP contribution < -0.4 is 11.3 Å². The quantitative estimate of drug-likeness (QED) is 0.312. The number of hydrogen-bond donors (Lipinski definition) is 1. The number of aliphatic hydroxyl groups excluding tert-OH is 1. The van der Waals surface area contributed by atoms with Crippen LogP contribution in [0.2, 0.25) is 0 Å². The van der Waals surface area contributed by atoms with E-state index in [1.54, 1.807) is 12.1 Å².